The van der Waals surface area contributed by atoms with E-state index in [9.17, 15) is 14.7 Å². The number of fused-ring (bicyclic) bond motifs is 1. The first-order valence-corrected chi connectivity index (χ1v) is 7.32. The predicted octanol–water partition coefficient (Wildman–Crippen LogP) is 1.71. The van der Waals surface area contributed by atoms with Crippen LogP contribution >= 0.6 is 11.6 Å². The van der Waals surface area contributed by atoms with E-state index in [1.807, 2.05) is 4.90 Å². The zero-order chi connectivity index (χ0) is 15.7. The molecular weight excluding hydrogens is 308 g/mol. The summed E-state index contributed by atoms with van der Waals surface area (Å²) in [6.07, 6.45) is 0. The third-order valence-electron chi connectivity index (χ3n) is 3.76. The topological polar surface area (TPSA) is 82.6 Å². The number of halogens is 1. The van der Waals surface area contributed by atoms with Gasteiger partial charge in [-0.1, -0.05) is 11.6 Å². The predicted molar refractivity (Wildman–Crippen MR) is 82.6 cm³/mol. The lowest BCUT2D eigenvalue weighted by Gasteiger charge is -2.26. The number of nitrogens with zero attached hydrogens (tertiary/aromatic N) is 1. The van der Waals surface area contributed by atoms with Gasteiger partial charge in [0.2, 0.25) is 0 Å². The van der Waals surface area contributed by atoms with E-state index in [1.54, 1.807) is 18.2 Å². The van der Waals surface area contributed by atoms with Crippen LogP contribution in [0, 0.1) is 0 Å². The summed E-state index contributed by atoms with van der Waals surface area (Å²) in [5.41, 5.74) is 0.352. The Morgan fingerprint density at radius 3 is 2.77 bits per heavy atom. The minimum atomic E-state index is -1.15. The van der Waals surface area contributed by atoms with E-state index in [0.717, 1.165) is 0 Å². The van der Waals surface area contributed by atoms with Crippen LogP contribution in [-0.4, -0.2) is 47.3 Å². The molecule has 3 rings (SSSR count). The summed E-state index contributed by atoms with van der Waals surface area (Å²) in [6, 6.07) is 4.80. The third kappa shape index (κ3) is 2.85. The van der Waals surface area contributed by atoms with E-state index < -0.39 is 5.97 Å². The van der Waals surface area contributed by atoms with Gasteiger partial charge < -0.3 is 14.8 Å². The minimum absolute atomic E-state index is 0.0775. The van der Waals surface area contributed by atoms with Crippen molar-refractivity contribution in [3.05, 3.63) is 44.7 Å². The van der Waals surface area contributed by atoms with Gasteiger partial charge in [0.05, 0.1) is 18.7 Å². The van der Waals surface area contributed by atoms with Crippen molar-refractivity contribution >= 4 is 28.5 Å². The molecule has 0 bridgehead atoms. The molecule has 0 radical (unpaired) electrons. The first-order chi connectivity index (χ1) is 10.6. The molecule has 6 nitrogen and oxygen atoms in total. The summed E-state index contributed by atoms with van der Waals surface area (Å²) in [5.74, 6) is -1.15. The van der Waals surface area contributed by atoms with Crippen molar-refractivity contribution in [2.45, 2.75) is 6.54 Å². The van der Waals surface area contributed by atoms with Gasteiger partial charge in [-0.05, 0) is 18.2 Å². The van der Waals surface area contributed by atoms with Gasteiger partial charge in [-0.25, -0.2) is 4.79 Å². The highest BCUT2D eigenvalue weighted by Gasteiger charge is 2.21. The molecule has 7 heteroatoms. The molecule has 0 atom stereocenters. The molecule has 1 fully saturated rings. The summed E-state index contributed by atoms with van der Waals surface area (Å²) in [4.78, 5) is 29.0. The third-order valence-corrected chi connectivity index (χ3v) is 4.00. The Labute approximate surface area is 131 Å². The smallest absolute Gasteiger partial charge is 0.352 e. The lowest BCUT2D eigenvalue weighted by molar-refractivity contribution is 0.0337. The van der Waals surface area contributed by atoms with Crippen LogP contribution in [-0.2, 0) is 11.3 Å². The number of pyridine rings is 1. The average Bonchev–Trinajstić information content (AvgIpc) is 2.50. The summed E-state index contributed by atoms with van der Waals surface area (Å²) in [6.45, 7) is 2.82. The fraction of sp³-hybridized carbons (Fsp3) is 0.333. The molecule has 0 aliphatic carbocycles. The van der Waals surface area contributed by atoms with Gasteiger partial charge in [-0.15, -0.1) is 0 Å². The Morgan fingerprint density at radius 2 is 2.09 bits per heavy atom. The van der Waals surface area contributed by atoms with Gasteiger partial charge in [0.25, 0.3) is 0 Å². The van der Waals surface area contributed by atoms with Crippen LogP contribution in [0.2, 0.25) is 5.02 Å². The van der Waals surface area contributed by atoms with Crippen molar-refractivity contribution in [2.75, 3.05) is 26.3 Å². The number of hydrogen-bond donors (Lipinski definition) is 2. The van der Waals surface area contributed by atoms with Gasteiger partial charge in [0.15, 0.2) is 5.43 Å². The van der Waals surface area contributed by atoms with Gasteiger partial charge in [0, 0.05) is 35.6 Å². The number of carbonyl (C=O) groups is 1. The van der Waals surface area contributed by atoms with Crippen molar-refractivity contribution in [3.8, 4) is 0 Å². The number of H-pyrrole nitrogens is 1. The number of carboxylic acids is 1. The highest BCUT2D eigenvalue weighted by molar-refractivity contribution is 6.31. The highest BCUT2D eigenvalue weighted by Crippen LogP contribution is 2.18. The van der Waals surface area contributed by atoms with Gasteiger partial charge in [-0.2, -0.15) is 0 Å². The monoisotopic (exact) mass is 322 g/mol. The molecule has 1 aliphatic heterocycles. The second kappa shape index (κ2) is 6.08. The normalized spacial score (nSPS) is 16.0. The maximum Gasteiger partial charge on any atom is 0.352 e. The number of morpholine rings is 1. The quantitative estimate of drug-likeness (QED) is 0.899. The highest BCUT2D eigenvalue weighted by atomic mass is 35.5. The van der Waals surface area contributed by atoms with Crippen LogP contribution in [0.3, 0.4) is 0 Å². The molecule has 0 saturated carbocycles. The molecule has 1 aromatic carbocycles. The summed E-state index contributed by atoms with van der Waals surface area (Å²) >= 11 is 5.91. The van der Waals surface area contributed by atoms with Gasteiger partial charge >= 0.3 is 5.97 Å². The molecule has 22 heavy (non-hydrogen) atoms. The van der Waals surface area contributed by atoms with Crippen LogP contribution in [0.25, 0.3) is 10.9 Å². The van der Waals surface area contributed by atoms with E-state index >= 15 is 0 Å². The zero-order valence-corrected chi connectivity index (χ0v) is 12.5. The minimum Gasteiger partial charge on any atom is -0.477 e. The van der Waals surface area contributed by atoms with E-state index in [1.165, 1.54) is 0 Å². The van der Waals surface area contributed by atoms with Crippen molar-refractivity contribution < 1.29 is 14.6 Å². The largest absolute Gasteiger partial charge is 0.477 e. The zero-order valence-electron chi connectivity index (χ0n) is 11.8. The van der Waals surface area contributed by atoms with Crippen LogP contribution in [0.5, 0.6) is 0 Å². The number of aromatic nitrogens is 1. The Kier molecular flexibility index (Phi) is 4.15. The molecule has 0 amide bonds. The first kappa shape index (κ1) is 15.0. The van der Waals surface area contributed by atoms with Crippen LogP contribution in [0.1, 0.15) is 16.1 Å². The van der Waals surface area contributed by atoms with Gasteiger partial charge in [0.1, 0.15) is 5.69 Å². The second-order valence-corrected chi connectivity index (χ2v) is 5.63. The van der Waals surface area contributed by atoms with Crippen molar-refractivity contribution in [1.29, 1.82) is 0 Å². The Balaban J connectivity index is 2.12. The molecule has 1 aromatic heterocycles. The number of nitrogens with one attached hydrogen (secondary N) is 1. The maximum atomic E-state index is 12.7. The molecule has 2 N–H and O–H groups in total. The Hall–Kier alpha value is -1.89. The Morgan fingerprint density at radius 1 is 1.36 bits per heavy atom. The second-order valence-electron chi connectivity index (χ2n) is 5.19. The summed E-state index contributed by atoms with van der Waals surface area (Å²) in [7, 11) is 0. The number of hydrogen-bond acceptors (Lipinski definition) is 4. The lowest BCUT2D eigenvalue weighted by Crippen LogP contribution is -2.37. The number of ether oxygens (including phenoxy) is 1. The van der Waals surface area contributed by atoms with Crippen LogP contribution in [0.4, 0.5) is 0 Å². The fourth-order valence-electron chi connectivity index (χ4n) is 2.62. The maximum absolute atomic E-state index is 12.7. The molecule has 116 valence electrons. The van der Waals surface area contributed by atoms with Crippen LogP contribution in [0.15, 0.2) is 23.0 Å². The average molecular weight is 323 g/mol. The fourth-order valence-corrected chi connectivity index (χ4v) is 2.79. The number of aromatic carboxylic acids is 1. The molecule has 1 aliphatic rings. The Bertz CT molecular complexity index is 781. The van der Waals surface area contributed by atoms with Crippen molar-refractivity contribution in [1.82, 2.24) is 9.88 Å². The molecule has 0 unspecified atom stereocenters. The molecule has 2 heterocycles. The standard InChI is InChI=1S/C15H15ClN2O4/c16-9-1-2-10-12(7-9)17-13(15(20)21)11(14(10)19)8-18-3-5-22-6-4-18/h1-2,7H,3-6,8H2,(H,17,19)(H,20,21). The van der Waals surface area contributed by atoms with E-state index in [-0.39, 0.29) is 16.7 Å². The van der Waals surface area contributed by atoms with E-state index in [2.05, 4.69) is 4.98 Å². The number of benzene rings is 1. The number of carboxylic acid groups (broad SMARTS) is 1. The van der Waals surface area contributed by atoms with Crippen molar-refractivity contribution in [3.63, 3.8) is 0 Å². The number of aromatic amines is 1. The number of rotatable bonds is 3. The van der Waals surface area contributed by atoms with Crippen molar-refractivity contribution in [2.24, 2.45) is 0 Å². The van der Waals surface area contributed by atoms with Crippen LogP contribution < -0.4 is 5.43 Å². The molecule has 1 saturated heterocycles. The van der Waals surface area contributed by atoms with Gasteiger partial charge in [-0.3, -0.25) is 9.69 Å². The molecule has 2 aromatic rings. The van der Waals surface area contributed by atoms with E-state index in [4.69, 9.17) is 16.3 Å². The summed E-state index contributed by atoms with van der Waals surface area (Å²) < 4.78 is 5.27. The first-order valence-electron chi connectivity index (χ1n) is 6.94. The SMILES string of the molecule is O=C(O)c1[nH]c2cc(Cl)ccc2c(=O)c1CN1CCOCC1. The summed E-state index contributed by atoms with van der Waals surface area (Å²) in [5, 5.41) is 10.3. The van der Waals surface area contributed by atoms with E-state index in [0.29, 0.717) is 48.8 Å². The molecule has 0 spiro atoms. The lowest BCUT2D eigenvalue weighted by atomic mass is 10.1. The molecular formula is C15H15ClN2O4.